The predicted octanol–water partition coefficient (Wildman–Crippen LogP) is 6.60. The number of halogens is 10. The quantitative estimate of drug-likeness (QED) is 0.301. The lowest BCUT2D eigenvalue weighted by Crippen LogP contribution is -2.52. The molecule has 4 nitrogen and oxygen atoms in total. The van der Waals surface area contributed by atoms with E-state index in [1.165, 1.54) is 24.3 Å². The zero-order chi connectivity index (χ0) is 28.7. The summed E-state index contributed by atoms with van der Waals surface area (Å²) in [6.45, 7) is -1.47. The summed E-state index contributed by atoms with van der Waals surface area (Å²) in [5.41, 5.74) is -0.251. The van der Waals surface area contributed by atoms with Crippen LogP contribution in [0.2, 0.25) is 0 Å². The normalized spacial score (nSPS) is 20.4. The van der Waals surface area contributed by atoms with Gasteiger partial charge in [0.25, 0.3) is 0 Å². The van der Waals surface area contributed by atoms with Crippen LogP contribution in [0.3, 0.4) is 0 Å². The van der Waals surface area contributed by atoms with Gasteiger partial charge in [-0.2, -0.15) is 30.7 Å². The summed E-state index contributed by atoms with van der Waals surface area (Å²) < 4.78 is 143. The van der Waals surface area contributed by atoms with Crippen molar-refractivity contribution in [3.8, 4) is 16.9 Å². The lowest BCUT2D eigenvalue weighted by atomic mass is 9.89. The Kier molecular flexibility index (Phi) is 7.79. The van der Waals surface area contributed by atoms with E-state index in [1.54, 1.807) is 0 Å². The Morgan fingerprint density at radius 1 is 1.05 bits per heavy atom. The molecule has 212 valence electrons. The fourth-order valence-corrected chi connectivity index (χ4v) is 4.37. The first-order chi connectivity index (χ1) is 18.2. The van der Waals surface area contributed by atoms with Gasteiger partial charge in [-0.25, -0.2) is 13.2 Å². The van der Waals surface area contributed by atoms with Crippen molar-refractivity contribution in [2.45, 2.75) is 37.3 Å². The maximum Gasteiger partial charge on any atom is 0.461 e. The smallest absolute Gasteiger partial charge is 0.461 e. The molecule has 1 heterocycles. The number of β-amino-alcohol motifs (C(OH)–C–C–N with tert-alkyl or cyclic N) is 1. The molecule has 0 saturated heterocycles. The third kappa shape index (κ3) is 5.94. The third-order valence-electron chi connectivity index (χ3n) is 6.22. The third-order valence-corrected chi connectivity index (χ3v) is 6.22. The number of benzene rings is 2. The molecule has 0 amide bonds. The van der Waals surface area contributed by atoms with Crippen LogP contribution in [0.15, 0.2) is 54.3 Å². The van der Waals surface area contributed by atoms with Gasteiger partial charge >= 0.3 is 18.7 Å². The topological polar surface area (TPSA) is 41.9 Å². The number of allylic oxidation sites excluding steroid dienone is 2. The van der Waals surface area contributed by atoms with Crippen molar-refractivity contribution < 1.29 is 58.5 Å². The van der Waals surface area contributed by atoms with Crippen molar-refractivity contribution in [1.82, 2.24) is 0 Å². The van der Waals surface area contributed by atoms with Crippen LogP contribution in [0.1, 0.15) is 6.42 Å². The van der Waals surface area contributed by atoms with Crippen LogP contribution in [0, 0.1) is 23.4 Å². The second-order valence-corrected chi connectivity index (χ2v) is 8.83. The summed E-state index contributed by atoms with van der Waals surface area (Å²) in [5, 5.41) is 9.85. The number of ether oxygens (including phenoxy) is 2. The fraction of sp³-hybridized carbons (Fsp3) is 0.360. The molecule has 0 bridgehead atoms. The van der Waals surface area contributed by atoms with E-state index in [0.717, 1.165) is 17.1 Å². The van der Waals surface area contributed by atoms with Crippen molar-refractivity contribution >= 4 is 5.69 Å². The molecular weight excluding hydrogens is 552 g/mol. The van der Waals surface area contributed by atoms with Gasteiger partial charge in [-0.1, -0.05) is 18.2 Å². The minimum absolute atomic E-state index is 0.00470. The molecule has 4 rings (SSSR count). The number of nitrogens with zero attached hydrogens (tertiary/aromatic N) is 1. The monoisotopic (exact) mass is 571 g/mol. The van der Waals surface area contributed by atoms with Crippen molar-refractivity contribution in [2.75, 3.05) is 18.1 Å². The minimum Gasteiger partial charge on any atom is -0.489 e. The van der Waals surface area contributed by atoms with E-state index in [4.69, 9.17) is 4.74 Å². The van der Waals surface area contributed by atoms with Gasteiger partial charge in [-0.05, 0) is 42.3 Å². The molecule has 0 spiro atoms. The van der Waals surface area contributed by atoms with Crippen molar-refractivity contribution in [2.24, 2.45) is 5.92 Å². The lowest BCUT2D eigenvalue weighted by Gasteiger charge is -2.43. The molecule has 0 saturated carbocycles. The Balaban J connectivity index is 1.75. The number of fused-ring (bicyclic) bond motifs is 1. The molecule has 1 aliphatic heterocycles. The van der Waals surface area contributed by atoms with Crippen LogP contribution >= 0.6 is 0 Å². The van der Waals surface area contributed by atoms with E-state index in [-0.39, 0.29) is 29.0 Å². The number of hydrogen-bond acceptors (Lipinski definition) is 4. The largest absolute Gasteiger partial charge is 0.489 e. The van der Waals surface area contributed by atoms with E-state index in [9.17, 15) is 49.0 Å². The van der Waals surface area contributed by atoms with Crippen LogP contribution in [0.4, 0.5) is 49.6 Å². The summed E-state index contributed by atoms with van der Waals surface area (Å²) in [7, 11) is 0. The molecule has 39 heavy (non-hydrogen) atoms. The SMILES string of the molecule is O[C@@H](CN1c2cccc(-c3cc(F)c(F)c(F)c3)c2OCC1[C@@H]1C=C(OC(F)(F)C(F)F)C=CC1)C(F)(F)F. The first kappa shape index (κ1) is 28.6. The molecule has 1 N–H and O–H groups in total. The maximum atomic E-state index is 13.9. The number of alkyl halides is 7. The number of aliphatic hydroxyl groups is 1. The minimum atomic E-state index is -5.06. The average Bonchev–Trinajstić information content (AvgIpc) is 2.86. The number of anilines is 1. The Morgan fingerprint density at radius 2 is 1.72 bits per heavy atom. The van der Waals surface area contributed by atoms with Gasteiger partial charge in [-0.15, -0.1) is 0 Å². The molecular formula is C25H19F10NO3. The molecule has 1 unspecified atom stereocenters. The molecule has 2 aliphatic rings. The average molecular weight is 571 g/mol. The summed E-state index contributed by atoms with van der Waals surface area (Å²) >= 11 is 0. The van der Waals surface area contributed by atoms with Crippen LogP contribution in [-0.4, -0.2) is 49.1 Å². The first-order valence-electron chi connectivity index (χ1n) is 11.3. The second-order valence-electron chi connectivity index (χ2n) is 8.83. The highest BCUT2D eigenvalue weighted by atomic mass is 19.4. The van der Waals surface area contributed by atoms with E-state index >= 15 is 0 Å². The van der Waals surface area contributed by atoms with Crippen molar-refractivity contribution in [3.63, 3.8) is 0 Å². The highest BCUT2D eigenvalue weighted by Gasteiger charge is 2.46. The fourth-order valence-electron chi connectivity index (χ4n) is 4.37. The number of hydrogen-bond donors (Lipinski definition) is 1. The zero-order valence-corrected chi connectivity index (χ0v) is 19.5. The molecule has 0 fully saturated rings. The zero-order valence-electron chi connectivity index (χ0n) is 19.5. The Morgan fingerprint density at radius 3 is 2.33 bits per heavy atom. The standard InChI is InChI=1S/C25H19F10NO3/c26-16-8-13(9-17(27)21(16)28)15-5-2-6-18-22(15)38-11-19(36(18)10-20(37)24(31,32)33)12-3-1-4-14(7-12)39-25(34,35)23(29)30/h1-2,4-9,12,19-20,23,37H,3,10-11H2/t12-,19?,20-/m0/s1. The van der Waals surface area contributed by atoms with Crippen LogP contribution < -0.4 is 9.64 Å². The molecule has 2 aromatic carbocycles. The number of rotatable bonds is 7. The van der Waals surface area contributed by atoms with Crippen LogP contribution in [0.25, 0.3) is 11.1 Å². The summed E-state index contributed by atoms with van der Waals surface area (Å²) in [6.07, 6.45) is -13.5. The Hall–Kier alpha value is -3.42. The highest BCUT2D eigenvalue weighted by molar-refractivity contribution is 5.80. The van der Waals surface area contributed by atoms with Crippen LogP contribution in [0.5, 0.6) is 5.75 Å². The van der Waals surface area contributed by atoms with Gasteiger partial charge in [0.15, 0.2) is 29.3 Å². The van der Waals surface area contributed by atoms with Gasteiger partial charge in [-0.3, -0.25) is 0 Å². The lowest BCUT2D eigenvalue weighted by molar-refractivity contribution is -0.280. The van der Waals surface area contributed by atoms with Gasteiger partial charge in [0, 0.05) is 11.5 Å². The first-order valence-corrected chi connectivity index (χ1v) is 11.3. The van der Waals surface area contributed by atoms with Crippen LogP contribution in [-0.2, 0) is 4.74 Å². The van der Waals surface area contributed by atoms with E-state index in [0.29, 0.717) is 12.1 Å². The van der Waals surface area contributed by atoms with Crippen molar-refractivity contribution in [1.29, 1.82) is 0 Å². The number of para-hydroxylation sites is 1. The van der Waals surface area contributed by atoms with Crippen molar-refractivity contribution in [3.05, 3.63) is 71.8 Å². The number of aliphatic hydroxyl groups excluding tert-OH is 1. The van der Waals surface area contributed by atoms with E-state index in [1.807, 2.05) is 0 Å². The molecule has 0 aromatic heterocycles. The second kappa shape index (κ2) is 10.6. The maximum absolute atomic E-state index is 13.9. The van der Waals surface area contributed by atoms with Gasteiger partial charge in [0.05, 0.1) is 18.3 Å². The van der Waals surface area contributed by atoms with Gasteiger partial charge in [0.1, 0.15) is 12.4 Å². The Bertz CT molecular complexity index is 1250. The summed E-state index contributed by atoms with van der Waals surface area (Å²) in [6, 6.07) is 4.22. The molecule has 3 atom stereocenters. The Labute approximate surface area is 214 Å². The highest BCUT2D eigenvalue weighted by Crippen LogP contribution is 2.45. The molecule has 0 radical (unpaired) electrons. The summed E-state index contributed by atoms with van der Waals surface area (Å²) in [5.74, 6) is -6.46. The van der Waals surface area contributed by atoms with Gasteiger partial charge < -0.3 is 19.5 Å². The molecule has 14 heteroatoms. The molecule has 2 aromatic rings. The van der Waals surface area contributed by atoms with Gasteiger partial charge in [0.2, 0.25) is 0 Å². The summed E-state index contributed by atoms with van der Waals surface area (Å²) in [4.78, 5) is 1.08. The predicted molar refractivity (Wildman–Crippen MR) is 118 cm³/mol. The van der Waals surface area contributed by atoms with E-state index in [2.05, 4.69) is 4.74 Å². The van der Waals surface area contributed by atoms with E-state index < -0.39 is 73.1 Å². The molecule has 1 aliphatic carbocycles.